The fourth-order valence-electron chi connectivity index (χ4n) is 3.66. The molecule has 0 amide bonds. The van der Waals surface area contributed by atoms with Gasteiger partial charge in [0.15, 0.2) is 5.79 Å². The maximum absolute atomic E-state index is 6.14. The highest BCUT2D eigenvalue weighted by molar-refractivity contribution is 5.14. The molecule has 1 saturated heterocycles. The van der Waals surface area contributed by atoms with Crippen molar-refractivity contribution in [3.63, 3.8) is 0 Å². The molecule has 2 nitrogen and oxygen atoms in total. The second-order valence-corrected chi connectivity index (χ2v) is 8.42. The summed E-state index contributed by atoms with van der Waals surface area (Å²) in [6.45, 7) is 20.0. The minimum Gasteiger partial charge on any atom is -0.344 e. The number of ether oxygens (including phenoxy) is 2. The van der Waals surface area contributed by atoms with Crippen LogP contribution in [-0.2, 0) is 9.47 Å². The highest BCUT2D eigenvalue weighted by atomic mass is 16.8. The van der Waals surface area contributed by atoms with Crippen molar-refractivity contribution in [1.82, 2.24) is 0 Å². The normalized spacial score (nSPS) is 26.2. The second kappa shape index (κ2) is 7.05. The first-order chi connectivity index (χ1) is 9.96. The Labute approximate surface area is 138 Å². The van der Waals surface area contributed by atoms with Crippen molar-refractivity contribution in [3.05, 3.63) is 11.6 Å². The number of hydrogen-bond acceptors (Lipinski definition) is 2. The first-order valence-corrected chi connectivity index (χ1v) is 9.03. The van der Waals surface area contributed by atoms with E-state index in [0.29, 0.717) is 5.92 Å². The van der Waals surface area contributed by atoms with Crippen molar-refractivity contribution in [1.29, 1.82) is 0 Å². The Hall–Kier alpha value is -0.340. The van der Waals surface area contributed by atoms with Gasteiger partial charge in [-0.15, -0.1) is 0 Å². The van der Waals surface area contributed by atoms with Gasteiger partial charge in [0.05, 0.1) is 11.7 Å². The van der Waals surface area contributed by atoms with E-state index in [2.05, 4.69) is 54.5 Å². The Balaban J connectivity index is 2.80. The smallest absolute Gasteiger partial charge is 0.164 e. The molecule has 2 heteroatoms. The van der Waals surface area contributed by atoms with Crippen molar-refractivity contribution in [2.75, 3.05) is 0 Å². The lowest BCUT2D eigenvalue weighted by atomic mass is 9.70. The highest BCUT2D eigenvalue weighted by Gasteiger charge is 2.46. The molecule has 0 N–H and O–H groups in total. The van der Waals surface area contributed by atoms with Crippen LogP contribution in [0.3, 0.4) is 0 Å². The molecule has 0 aliphatic carbocycles. The largest absolute Gasteiger partial charge is 0.344 e. The van der Waals surface area contributed by atoms with Crippen LogP contribution in [0.15, 0.2) is 11.6 Å². The van der Waals surface area contributed by atoms with E-state index < -0.39 is 5.79 Å². The molecule has 0 saturated carbocycles. The molecule has 0 bridgehead atoms. The fourth-order valence-corrected chi connectivity index (χ4v) is 3.66. The van der Waals surface area contributed by atoms with E-state index in [4.69, 9.17) is 9.47 Å². The third-order valence-electron chi connectivity index (χ3n) is 5.51. The van der Waals surface area contributed by atoms with Crippen LogP contribution in [-0.4, -0.2) is 17.5 Å². The molecule has 1 heterocycles. The molecule has 1 aliphatic heterocycles. The minimum atomic E-state index is -0.463. The topological polar surface area (TPSA) is 18.5 Å². The van der Waals surface area contributed by atoms with Crippen LogP contribution in [0.1, 0.15) is 88.0 Å². The molecule has 2 unspecified atom stereocenters. The highest BCUT2D eigenvalue weighted by Crippen LogP contribution is 2.42. The lowest BCUT2D eigenvalue weighted by molar-refractivity contribution is -0.157. The van der Waals surface area contributed by atoms with Crippen molar-refractivity contribution in [3.8, 4) is 0 Å². The van der Waals surface area contributed by atoms with Gasteiger partial charge < -0.3 is 9.47 Å². The summed E-state index contributed by atoms with van der Waals surface area (Å²) in [5, 5.41) is 0. The number of hydrogen-bond donors (Lipinski definition) is 0. The zero-order valence-electron chi connectivity index (χ0n) is 16.4. The van der Waals surface area contributed by atoms with Gasteiger partial charge in [-0.05, 0) is 58.3 Å². The molecule has 0 spiro atoms. The van der Waals surface area contributed by atoms with Gasteiger partial charge in [-0.25, -0.2) is 0 Å². The summed E-state index contributed by atoms with van der Waals surface area (Å²) in [5.41, 5.74) is 1.62. The third-order valence-corrected chi connectivity index (χ3v) is 5.51. The number of rotatable bonds is 7. The van der Waals surface area contributed by atoms with E-state index in [-0.39, 0.29) is 17.1 Å². The van der Waals surface area contributed by atoms with Crippen LogP contribution in [0.2, 0.25) is 0 Å². The van der Waals surface area contributed by atoms with Crippen LogP contribution < -0.4 is 0 Å². The Morgan fingerprint density at radius 2 is 1.77 bits per heavy atom. The van der Waals surface area contributed by atoms with Crippen LogP contribution in [0.25, 0.3) is 0 Å². The summed E-state index contributed by atoms with van der Waals surface area (Å²) in [4.78, 5) is 0. The summed E-state index contributed by atoms with van der Waals surface area (Å²) in [5.74, 6) is 0.227. The molecule has 1 aliphatic rings. The van der Waals surface area contributed by atoms with Crippen LogP contribution in [0, 0.1) is 11.3 Å². The van der Waals surface area contributed by atoms with Gasteiger partial charge in [-0.2, -0.15) is 0 Å². The van der Waals surface area contributed by atoms with E-state index in [9.17, 15) is 0 Å². The van der Waals surface area contributed by atoms with Crippen LogP contribution >= 0.6 is 0 Å². The molecule has 0 radical (unpaired) electrons. The van der Waals surface area contributed by atoms with E-state index in [1.807, 2.05) is 13.8 Å². The maximum atomic E-state index is 6.14. The Morgan fingerprint density at radius 3 is 2.18 bits per heavy atom. The zero-order valence-corrected chi connectivity index (χ0v) is 16.4. The molecule has 1 fully saturated rings. The van der Waals surface area contributed by atoms with Gasteiger partial charge in [-0.3, -0.25) is 0 Å². The molecule has 1 rings (SSSR count). The van der Waals surface area contributed by atoms with Crippen molar-refractivity contribution < 1.29 is 9.47 Å². The molecule has 22 heavy (non-hydrogen) atoms. The molecular formula is C20H38O2. The van der Waals surface area contributed by atoms with Crippen molar-refractivity contribution >= 4 is 0 Å². The fraction of sp³-hybridized carbons (Fsp3) is 0.900. The molecular weight excluding hydrogens is 272 g/mol. The summed E-state index contributed by atoms with van der Waals surface area (Å²) in [6, 6.07) is 0. The van der Waals surface area contributed by atoms with Crippen molar-refractivity contribution in [2.45, 2.75) is 105 Å². The lowest BCUT2D eigenvalue weighted by Gasteiger charge is -2.35. The van der Waals surface area contributed by atoms with Gasteiger partial charge >= 0.3 is 0 Å². The van der Waals surface area contributed by atoms with Gasteiger partial charge in [0.2, 0.25) is 0 Å². The first-order valence-electron chi connectivity index (χ1n) is 9.03. The molecule has 0 aromatic carbocycles. The Bertz CT molecular complexity index is 391. The lowest BCUT2D eigenvalue weighted by Crippen LogP contribution is -2.34. The maximum Gasteiger partial charge on any atom is 0.164 e. The standard InChI is InChI=1S/C20H38O2/c1-10-12-16(18(4,5)15(3)11-2)13-14-17-19(6,7)22-20(8,9)21-17/h12,15,17H,10-11,13-14H2,1-9H3/b16-12+. The quantitative estimate of drug-likeness (QED) is 0.528. The molecule has 0 aromatic heterocycles. The second-order valence-electron chi connectivity index (χ2n) is 8.42. The van der Waals surface area contributed by atoms with Crippen LogP contribution in [0.5, 0.6) is 0 Å². The molecule has 2 atom stereocenters. The Kier molecular flexibility index (Phi) is 6.31. The summed E-state index contributed by atoms with van der Waals surface area (Å²) >= 11 is 0. The minimum absolute atomic E-state index is 0.162. The van der Waals surface area contributed by atoms with Gasteiger partial charge in [0.25, 0.3) is 0 Å². The monoisotopic (exact) mass is 310 g/mol. The summed E-state index contributed by atoms with van der Waals surface area (Å²) in [7, 11) is 0. The Morgan fingerprint density at radius 1 is 1.18 bits per heavy atom. The van der Waals surface area contributed by atoms with E-state index >= 15 is 0 Å². The van der Waals surface area contributed by atoms with Gasteiger partial charge in [-0.1, -0.05) is 52.7 Å². The SMILES string of the molecule is CC/C=C(\CCC1OC(C)(C)OC1(C)C)C(C)(C)C(C)CC. The van der Waals surface area contributed by atoms with Crippen molar-refractivity contribution in [2.24, 2.45) is 11.3 Å². The van der Waals surface area contributed by atoms with E-state index in [0.717, 1.165) is 19.3 Å². The van der Waals surface area contributed by atoms with Gasteiger partial charge in [0, 0.05) is 0 Å². The summed E-state index contributed by atoms with van der Waals surface area (Å²) in [6.07, 6.45) is 7.04. The van der Waals surface area contributed by atoms with Crippen LogP contribution in [0.4, 0.5) is 0 Å². The average Bonchev–Trinajstić information content (AvgIpc) is 2.60. The third kappa shape index (κ3) is 4.58. The predicted octanol–water partition coefficient (Wildman–Crippen LogP) is 6.11. The van der Waals surface area contributed by atoms with E-state index in [1.54, 1.807) is 5.57 Å². The van der Waals surface area contributed by atoms with Gasteiger partial charge in [0.1, 0.15) is 0 Å². The summed E-state index contributed by atoms with van der Waals surface area (Å²) < 4.78 is 12.2. The first kappa shape index (κ1) is 19.7. The molecule has 130 valence electrons. The average molecular weight is 311 g/mol. The number of allylic oxidation sites excluding steroid dienone is 2. The molecule has 0 aromatic rings. The predicted molar refractivity (Wildman–Crippen MR) is 95.0 cm³/mol. The zero-order chi connectivity index (χ0) is 17.2. The van der Waals surface area contributed by atoms with E-state index in [1.165, 1.54) is 6.42 Å².